The Balaban J connectivity index is 1.67. The molecule has 0 spiro atoms. The molecule has 8 nitrogen and oxygen atoms in total. The lowest BCUT2D eigenvalue weighted by atomic mass is 10.2. The molecule has 0 saturated carbocycles. The average molecular weight is 543 g/mol. The molecule has 9 heteroatoms. The molecular formula is C26H31BrN4O4. The molecule has 0 N–H and O–H groups in total. The Hall–Kier alpha value is -2.91. The van der Waals surface area contributed by atoms with E-state index in [-0.39, 0.29) is 11.7 Å². The number of carbonyl (C=O) groups excluding carboxylic acids is 1. The fraction of sp³-hybridized carbons (Fsp3) is 0.423. The van der Waals surface area contributed by atoms with Crippen molar-refractivity contribution in [2.45, 2.75) is 39.8 Å². The predicted octanol–water partition coefficient (Wildman–Crippen LogP) is 4.60. The zero-order valence-corrected chi connectivity index (χ0v) is 22.2. The number of carbonyl (C=O) groups is 1. The summed E-state index contributed by atoms with van der Waals surface area (Å²) < 4.78 is 13.9. The Morgan fingerprint density at radius 3 is 2.49 bits per heavy atom. The summed E-state index contributed by atoms with van der Waals surface area (Å²) in [6.07, 6.45) is -0.298. The van der Waals surface area contributed by atoms with Gasteiger partial charge in [0.2, 0.25) is 0 Å². The maximum absolute atomic E-state index is 13.7. The lowest BCUT2D eigenvalue weighted by Gasteiger charge is -2.35. The molecule has 0 aliphatic carbocycles. The van der Waals surface area contributed by atoms with Gasteiger partial charge in [-0.15, -0.1) is 0 Å². The molecule has 0 bridgehead atoms. The Labute approximate surface area is 213 Å². The van der Waals surface area contributed by atoms with Crippen molar-refractivity contribution in [2.24, 2.45) is 0 Å². The van der Waals surface area contributed by atoms with Gasteiger partial charge in [-0.25, -0.2) is 9.78 Å². The van der Waals surface area contributed by atoms with Crippen LogP contribution in [0.3, 0.4) is 0 Å². The van der Waals surface area contributed by atoms with Crippen LogP contribution in [0.4, 0.5) is 4.79 Å². The van der Waals surface area contributed by atoms with E-state index in [1.807, 2.05) is 64.1 Å². The third-order valence-electron chi connectivity index (χ3n) is 5.70. The highest BCUT2D eigenvalue weighted by Crippen LogP contribution is 2.25. The van der Waals surface area contributed by atoms with E-state index < -0.39 is 5.60 Å². The molecule has 1 saturated heterocycles. The van der Waals surface area contributed by atoms with E-state index in [4.69, 9.17) is 14.5 Å². The number of para-hydroxylation sites is 2. The van der Waals surface area contributed by atoms with E-state index in [1.54, 1.807) is 15.5 Å². The van der Waals surface area contributed by atoms with Gasteiger partial charge < -0.3 is 14.4 Å². The van der Waals surface area contributed by atoms with Gasteiger partial charge in [0, 0.05) is 30.7 Å². The monoisotopic (exact) mass is 542 g/mol. The summed E-state index contributed by atoms with van der Waals surface area (Å²) in [5.41, 5.74) is 0.634. The Kier molecular flexibility index (Phi) is 7.47. The first kappa shape index (κ1) is 25.2. The predicted molar refractivity (Wildman–Crippen MR) is 139 cm³/mol. The smallest absolute Gasteiger partial charge is 0.410 e. The number of ether oxygens (including phenoxy) is 2. The molecule has 4 rings (SSSR count). The molecule has 2 aromatic carbocycles. The number of fused-ring (bicyclic) bond motifs is 1. The minimum Gasteiger partial charge on any atom is -0.492 e. The Morgan fingerprint density at radius 1 is 1.09 bits per heavy atom. The van der Waals surface area contributed by atoms with Gasteiger partial charge >= 0.3 is 6.09 Å². The van der Waals surface area contributed by atoms with Gasteiger partial charge in [0.1, 0.15) is 17.2 Å². The van der Waals surface area contributed by atoms with Crippen LogP contribution in [-0.4, -0.2) is 63.8 Å². The second-order valence-electron chi connectivity index (χ2n) is 9.47. The van der Waals surface area contributed by atoms with Crippen LogP contribution in [0.5, 0.6) is 5.75 Å². The topological polar surface area (TPSA) is 76.9 Å². The first-order valence-electron chi connectivity index (χ1n) is 11.8. The molecule has 1 aliphatic heterocycles. The quantitative estimate of drug-likeness (QED) is 0.468. The van der Waals surface area contributed by atoms with Crippen molar-refractivity contribution in [1.29, 1.82) is 0 Å². The molecule has 0 atom stereocenters. The summed E-state index contributed by atoms with van der Waals surface area (Å²) in [5, 5.41) is 0.540. The number of halogens is 1. The molecular weight excluding hydrogens is 512 g/mol. The largest absolute Gasteiger partial charge is 0.492 e. The van der Waals surface area contributed by atoms with Crippen LogP contribution < -0.4 is 10.3 Å². The van der Waals surface area contributed by atoms with Crippen LogP contribution in [0.25, 0.3) is 16.6 Å². The maximum atomic E-state index is 13.7. The van der Waals surface area contributed by atoms with Gasteiger partial charge in [-0.2, -0.15) is 0 Å². The van der Waals surface area contributed by atoms with Crippen molar-refractivity contribution >= 4 is 32.9 Å². The number of amides is 1. The van der Waals surface area contributed by atoms with E-state index in [1.165, 1.54) is 0 Å². The zero-order chi connectivity index (χ0) is 25.2. The number of hydrogen-bond acceptors (Lipinski definition) is 6. The number of rotatable bonds is 5. The highest BCUT2D eigenvalue weighted by atomic mass is 79.9. The van der Waals surface area contributed by atoms with Crippen molar-refractivity contribution in [3.63, 3.8) is 0 Å². The minimum absolute atomic E-state index is 0.142. The first-order valence-corrected chi connectivity index (χ1v) is 12.6. The summed E-state index contributed by atoms with van der Waals surface area (Å²) in [6.45, 7) is 10.9. The normalized spacial score (nSPS) is 14.8. The number of nitrogens with zero attached hydrogens (tertiary/aromatic N) is 4. The number of aromatic nitrogens is 2. The third-order valence-corrected chi connectivity index (χ3v) is 6.19. The van der Waals surface area contributed by atoms with E-state index >= 15 is 0 Å². The zero-order valence-electron chi connectivity index (χ0n) is 20.6. The molecule has 1 amide bonds. The Morgan fingerprint density at radius 2 is 1.80 bits per heavy atom. The van der Waals surface area contributed by atoms with Crippen molar-refractivity contribution in [3.05, 3.63) is 63.1 Å². The lowest BCUT2D eigenvalue weighted by Crippen LogP contribution is -2.50. The molecule has 186 valence electrons. The van der Waals surface area contributed by atoms with Crippen molar-refractivity contribution in [3.8, 4) is 11.4 Å². The molecule has 1 aliphatic rings. The summed E-state index contributed by atoms with van der Waals surface area (Å²) >= 11 is 3.49. The van der Waals surface area contributed by atoms with Crippen LogP contribution in [0.2, 0.25) is 0 Å². The van der Waals surface area contributed by atoms with Gasteiger partial charge in [0.05, 0.1) is 29.7 Å². The van der Waals surface area contributed by atoms with Crippen molar-refractivity contribution in [2.75, 3.05) is 32.8 Å². The van der Waals surface area contributed by atoms with Gasteiger partial charge in [-0.05, 0) is 58.0 Å². The van der Waals surface area contributed by atoms with Crippen molar-refractivity contribution in [1.82, 2.24) is 19.4 Å². The summed E-state index contributed by atoms with van der Waals surface area (Å²) in [7, 11) is 0. The second-order valence-corrected chi connectivity index (χ2v) is 10.4. The number of benzene rings is 2. The van der Waals surface area contributed by atoms with E-state index in [9.17, 15) is 9.59 Å². The maximum Gasteiger partial charge on any atom is 0.410 e. The molecule has 0 unspecified atom stereocenters. The highest BCUT2D eigenvalue weighted by molar-refractivity contribution is 9.10. The molecule has 0 radical (unpaired) electrons. The Bertz CT molecular complexity index is 1280. The minimum atomic E-state index is -0.526. The summed E-state index contributed by atoms with van der Waals surface area (Å²) in [5.74, 6) is 1.25. The molecule has 35 heavy (non-hydrogen) atoms. The highest BCUT2D eigenvalue weighted by Gasteiger charge is 2.27. The van der Waals surface area contributed by atoms with Crippen molar-refractivity contribution < 1.29 is 14.3 Å². The molecule has 2 heterocycles. The van der Waals surface area contributed by atoms with Crippen LogP contribution in [0.15, 0.2) is 51.7 Å². The van der Waals surface area contributed by atoms with Gasteiger partial charge in [-0.1, -0.05) is 28.1 Å². The summed E-state index contributed by atoms with van der Waals surface area (Å²) in [4.78, 5) is 35.0. The molecule has 1 aromatic heterocycles. The fourth-order valence-electron chi connectivity index (χ4n) is 4.09. The number of hydrogen-bond donors (Lipinski definition) is 0. The molecule has 1 fully saturated rings. The fourth-order valence-corrected chi connectivity index (χ4v) is 4.44. The average Bonchev–Trinajstić information content (AvgIpc) is 2.79. The standard InChI is InChI=1S/C26H31BrN4O4/c1-5-34-22-9-7-6-8-21(22)31-23(28-20-16-18(27)10-11-19(20)24(31)32)17-29-12-14-30(15-13-29)25(33)35-26(2,3)4/h6-11,16H,5,12-15,17H2,1-4H3. The van der Waals surface area contributed by atoms with E-state index in [2.05, 4.69) is 20.8 Å². The molecule has 3 aromatic rings. The lowest BCUT2D eigenvalue weighted by molar-refractivity contribution is 0.0136. The van der Waals surface area contributed by atoms with Crippen LogP contribution in [0, 0.1) is 0 Å². The van der Waals surface area contributed by atoms with Crippen LogP contribution >= 0.6 is 15.9 Å². The first-order chi connectivity index (χ1) is 16.7. The third kappa shape index (κ3) is 5.85. The van der Waals surface area contributed by atoms with E-state index in [0.29, 0.717) is 67.5 Å². The van der Waals surface area contributed by atoms with Gasteiger partial charge in [0.25, 0.3) is 5.56 Å². The second kappa shape index (κ2) is 10.4. The van der Waals surface area contributed by atoms with Crippen LogP contribution in [-0.2, 0) is 11.3 Å². The van der Waals surface area contributed by atoms with Crippen LogP contribution in [0.1, 0.15) is 33.5 Å². The SMILES string of the molecule is CCOc1ccccc1-n1c(CN2CCN(C(=O)OC(C)(C)C)CC2)nc2cc(Br)ccc2c1=O. The number of piperazine rings is 1. The van der Waals surface area contributed by atoms with Gasteiger partial charge in [0.15, 0.2) is 0 Å². The van der Waals surface area contributed by atoms with E-state index in [0.717, 1.165) is 4.47 Å². The summed E-state index contributed by atoms with van der Waals surface area (Å²) in [6, 6.07) is 13.0. The van der Waals surface area contributed by atoms with Gasteiger partial charge in [-0.3, -0.25) is 14.3 Å².